The van der Waals surface area contributed by atoms with E-state index in [1.54, 1.807) is 6.92 Å². The first-order valence-corrected chi connectivity index (χ1v) is 5.79. The summed E-state index contributed by atoms with van der Waals surface area (Å²) in [6.45, 7) is 7.88. The number of rotatable bonds is 3. The van der Waals surface area contributed by atoms with Crippen molar-refractivity contribution in [2.45, 2.75) is 32.8 Å². The quantitative estimate of drug-likeness (QED) is 0.735. The van der Waals surface area contributed by atoms with Crippen LogP contribution < -0.4 is 0 Å². The highest BCUT2D eigenvalue weighted by Gasteiger charge is 2.17. The highest BCUT2D eigenvalue weighted by atomic mass is 16.3. The largest absolute Gasteiger partial charge is 0.392 e. The summed E-state index contributed by atoms with van der Waals surface area (Å²) < 4.78 is 0. The summed E-state index contributed by atoms with van der Waals surface area (Å²) in [5, 5.41) is 9.55. The number of hydrogen-bond donors (Lipinski definition) is 1. The summed E-state index contributed by atoms with van der Waals surface area (Å²) in [5.41, 5.74) is 0. The fraction of sp³-hybridized carbons (Fsp3) is 0.909. The molecular formula is C11H22N2O2. The van der Waals surface area contributed by atoms with E-state index in [4.69, 9.17) is 0 Å². The van der Waals surface area contributed by atoms with Crippen LogP contribution in [0.25, 0.3) is 0 Å². The molecule has 0 aromatic carbocycles. The minimum absolute atomic E-state index is 0.160. The Morgan fingerprint density at radius 1 is 1.33 bits per heavy atom. The molecule has 1 aliphatic rings. The van der Waals surface area contributed by atoms with Gasteiger partial charge in [-0.1, -0.05) is 6.92 Å². The van der Waals surface area contributed by atoms with Gasteiger partial charge in [0.25, 0.3) is 0 Å². The number of aliphatic hydroxyl groups excluding tert-OH is 1. The van der Waals surface area contributed by atoms with Crippen molar-refractivity contribution in [1.29, 1.82) is 0 Å². The topological polar surface area (TPSA) is 43.8 Å². The first kappa shape index (κ1) is 12.5. The molecule has 4 heteroatoms. The van der Waals surface area contributed by atoms with E-state index < -0.39 is 0 Å². The zero-order valence-corrected chi connectivity index (χ0v) is 9.78. The Hall–Kier alpha value is -0.610. The molecular weight excluding hydrogens is 192 g/mol. The lowest BCUT2D eigenvalue weighted by atomic mass is 10.2. The van der Waals surface area contributed by atoms with Crippen LogP contribution in [0.3, 0.4) is 0 Å². The van der Waals surface area contributed by atoms with Gasteiger partial charge in [0.2, 0.25) is 5.91 Å². The average molecular weight is 214 g/mol. The summed E-state index contributed by atoms with van der Waals surface area (Å²) in [5.74, 6) is 0.160. The molecule has 1 heterocycles. The number of hydrogen-bond acceptors (Lipinski definition) is 3. The Balaban J connectivity index is 2.35. The van der Waals surface area contributed by atoms with Crippen molar-refractivity contribution in [3.8, 4) is 0 Å². The molecule has 0 spiro atoms. The average Bonchev–Trinajstić information content (AvgIpc) is 2.43. The molecule has 1 atom stereocenters. The van der Waals surface area contributed by atoms with Crippen molar-refractivity contribution in [2.24, 2.45) is 0 Å². The number of nitrogens with zero attached hydrogens (tertiary/aromatic N) is 2. The van der Waals surface area contributed by atoms with Gasteiger partial charge in [0.05, 0.1) is 6.10 Å². The molecule has 1 amide bonds. The van der Waals surface area contributed by atoms with Crippen molar-refractivity contribution in [3.63, 3.8) is 0 Å². The molecule has 0 aromatic rings. The smallest absolute Gasteiger partial charge is 0.219 e. The van der Waals surface area contributed by atoms with Crippen LogP contribution in [0.4, 0.5) is 0 Å². The minimum atomic E-state index is -0.228. The van der Waals surface area contributed by atoms with Crippen LogP contribution >= 0.6 is 0 Å². The van der Waals surface area contributed by atoms with E-state index in [1.165, 1.54) is 0 Å². The molecule has 1 saturated heterocycles. The fourth-order valence-electron chi connectivity index (χ4n) is 1.90. The number of carbonyl (C=O) groups is 1. The SMILES string of the molecule is CCC(O)CN1CCCN(C(C)=O)CC1. The first-order chi connectivity index (χ1) is 7.13. The Morgan fingerprint density at radius 2 is 2.07 bits per heavy atom. The van der Waals surface area contributed by atoms with E-state index in [2.05, 4.69) is 4.90 Å². The molecule has 0 saturated carbocycles. The third-order valence-electron chi connectivity index (χ3n) is 2.97. The minimum Gasteiger partial charge on any atom is -0.392 e. The molecule has 88 valence electrons. The van der Waals surface area contributed by atoms with Crippen LogP contribution in [0.2, 0.25) is 0 Å². The maximum Gasteiger partial charge on any atom is 0.219 e. The van der Waals surface area contributed by atoms with Crippen molar-refractivity contribution in [2.75, 3.05) is 32.7 Å². The molecule has 1 rings (SSSR count). The first-order valence-electron chi connectivity index (χ1n) is 5.79. The molecule has 0 radical (unpaired) electrons. The van der Waals surface area contributed by atoms with E-state index in [0.29, 0.717) is 0 Å². The second-order valence-corrected chi connectivity index (χ2v) is 4.22. The number of aliphatic hydroxyl groups is 1. The maximum atomic E-state index is 11.2. The summed E-state index contributed by atoms with van der Waals surface area (Å²) in [6.07, 6.45) is 1.58. The number of β-amino-alcohol motifs (C(OH)–C–C–N with tert-alkyl or cyclic N) is 1. The number of amides is 1. The third-order valence-corrected chi connectivity index (χ3v) is 2.97. The summed E-state index contributed by atoms with van der Waals surface area (Å²) >= 11 is 0. The Morgan fingerprint density at radius 3 is 2.67 bits per heavy atom. The predicted octanol–water partition coefficient (Wildman–Crippen LogP) is 0.311. The van der Waals surface area contributed by atoms with Crippen molar-refractivity contribution in [1.82, 2.24) is 9.80 Å². The summed E-state index contributed by atoms with van der Waals surface area (Å²) in [7, 11) is 0. The summed E-state index contributed by atoms with van der Waals surface area (Å²) in [4.78, 5) is 15.3. The van der Waals surface area contributed by atoms with Gasteiger partial charge in [-0.3, -0.25) is 9.69 Å². The van der Waals surface area contributed by atoms with Gasteiger partial charge in [-0.2, -0.15) is 0 Å². The highest BCUT2D eigenvalue weighted by molar-refractivity contribution is 5.73. The van der Waals surface area contributed by atoms with Gasteiger partial charge in [-0.25, -0.2) is 0 Å². The molecule has 1 aliphatic heterocycles. The molecule has 0 aliphatic carbocycles. The van der Waals surface area contributed by atoms with Gasteiger partial charge < -0.3 is 10.0 Å². The monoisotopic (exact) mass is 214 g/mol. The van der Waals surface area contributed by atoms with E-state index in [-0.39, 0.29) is 12.0 Å². The lowest BCUT2D eigenvalue weighted by Gasteiger charge is -2.23. The molecule has 15 heavy (non-hydrogen) atoms. The lowest BCUT2D eigenvalue weighted by Crippen LogP contribution is -2.36. The van der Waals surface area contributed by atoms with Gasteiger partial charge in [-0.05, 0) is 19.4 Å². The second-order valence-electron chi connectivity index (χ2n) is 4.22. The second kappa shape index (κ2) is 6.08. The van der Waals surface area contributed by atoms with Gasteiger partial charge in [0.15, 0.2) is 0 Å². The van der Waals surface area contributed by atoms with Crippen LogP contribution in [0.1, 0.15) is 26.7 Å². The zero-order chi connectivity index (χ0) is 11.3. The fourth-order valence-corrected chi connectivity index (χ4v) is 1.90. The standard InChI is InChI=1S/C11H22N2O2/c1-3-11(15)9-12-5-4-6-13(8-7-12)10(2)14/h11,15H,3-9H2,1-2H3. The van der Waals surface area contributed by atoms with E-state index in [9.17, 15) is 9.90 Å². The van der Waals surface area contributed by atoms with E-state index in [0.717, 1.165) is 45.6 Å². The molecule has 0 aromatic heterocycles. The van der Waals surface area contributed by atoms with Crippen molar-refractivity contribution in [3.05, 3.63) is 0 Å². The van der Waals surface area contributed by atoms with Crippen LogP contribution in [0, 0.1) is 0 Å². The molecule has 1 fully saturated rings. The predicted molar refractivity (Wildman–Crippen MR) is 59.6 cm³/mol. The molecule has 0 bridgehead atoms. The lowest BCUT2D eigenvalue weighted by molar-refractivity contribution is -0.128. The van der Waals surface area contributed by atoms with Crippen LogP contribution in [0.15, 0.2) is 0 Å². The van der Waals surface area contributed by atoms with Gasteiger partial charge in [0.1, 0.15) is 0 Å². The molecule has 1 N–H and O–H groups in total. The van der Waals surface area contributed by atoms with Crippen LogP contribution in [0.5, 0.6) is 0 Å². The van der Waals surface area contributed by atoms with Gasteiger partial charge in [0, 0.05) is 33.1 Å². The third kappa shape index (κ3) is 4.18. The molecule has 1 unspecified atom stereocenters. The van der Waals surface area contributed by atoms with E-state index in [1.807, 2.05) is 11.8 Å². The highest BCUT2D eigenvalue weighted by Crippen LogP contribution is 2.05. The Bertz CT molecular complexity index is 209. The Labute approximate surface area is 91.9 Å². The summed E-state index contributed by atoms with van der Waals surface area (Å²) in [6, 6.07) is 0. The molecule has 4 nitrogen and oxygen atoms in total. The van der Waals surface area contributed by atoms with Crippen LogP contribution in [-0.2, 0) is 4.79 Å². The van der Waals surface area contributed by atoms with Gasteiger partial charge >= 0.3 is 0 Å². The number of carbonyl (C=O) groups excluding carboxylic acids is 1. The van der Waals surface area contributed by atoms with Crippen molar-refractivity contribution < 1.29 is 9.90 Å². The van der Waals surface area contributed by atoms with Crippen molar-refractivity contribution >= 4 is 5.91 Å². The zero-order valence-electron chi connectivity index (χ0n) is 9.78. The Kier molecular flexibility index (Phi) is 5.05. The van der Waals surface area contributed by atoms with E-state index >= 15 is 0 Å². The maximum absolute atomic E-state index is 11.2. The van der Waals surface area contributed by atoms with Crippen LogP contribution in [-0.4, -0.2) is 59.6 Å². The normalized spacial score (nSPS) is 21.1. The van der Waals surface area contributed by atoms with Gasteiger partial charge in [-0.15, -0.1) is 0 Å².